The van der Waals surface area contributed by atoms with Crippen LogP contribution < -0.4 is 4.90 Å². The zero-order valence-corrected chi connectivity index (χ0v) is 40.6. The molecule has 2 aliphatic carbocycles. The second-order valence-corrected chi connectivity index (χ2v) is 19.4. The first-order valence-electron chi connectivity index (χ1n) is 25.5. The summed E-state index contributed by atoms with van der Waals surface area (Å²) < 4.78 is 6.86. The van der Waals surface area contributed by atoms with E-state index in [4.69, 9.17) is 19.4 Å². The predicted octanol–water partition coefficient (Wildman–Crippen LogP) is 17.9. The number of fused-ring (bicyclic) bond motifs is 13. The molecule has 75 heavy (non-hydrogen) atoms. The molecule has 11 aromatic carbocycles. The van der Waals surface area contributed by atoms with E-state index in [1.54, 1.807) is 0 Å². The van der Waals surface area contributed by atoms with E-state index in [0.29, 0.717) is 17.5 Å². The molecule has 350 valence electrons. The number of nitrogens with zero attached hydrogens (tertiary/aromatic N) is 4. The second kappa shape index (κ2) is 17.1. The summed E-state index contributed by atoms with van der Waals surface area (Å²) in [6, 6.07) is 95.1. The van der Waals surface area contributed by atoms with Crippen molar-refractivity contribution in [2.75, 3.05) is 4.90 Å². The minimum absolute atomic E-state index is 0.517. The van der Waals surface area contributed by atoms with Gasteiger partial charge >= 0.3 is 0 Å². The van der Waals surface area contributed by atoms with Gasteiger partial charge in [0.05, 0.1) is 16.5 Å². The Kier molecular flexibility index (Phi) is 9.72. The maximum Gasteiger partial charge on any atom is 0.164 e. The summed E-state index contributed by atoms with van der Waals surface area (Å²) in [5.74, 6) is 1.71. The smallest absolute Gasteiger partial charge is 0.164 e. The Bertz CT molecular complexity index is 4190. The third-order valence-corrected chi connectivity index (χ3v) is 15.3. The van der Waals surface area contributed by atoms with Gasteiger partial charge in [-0.25, -0.2) is 15.0 Å². The molecule has 15 rings (SSSR count). The number of hydrogen-bond donors (Lipinski definition) is 0. The van der Waals surface area contributed by atoms with Crippen LogP contribution >= 0.6 is 0 Å². The molecule has 0 atom stereocenters. The van der Waals surface area contributed by atoms with Gasteiger partial charge in [-0.2, -0.15) is 0 Å². The highest BCUT2D eigenvalue weighted by molar-refractivity contribution is 6.14. The van der Waals surface area contributed by atoms with E-state index in [-0.39, 0.29) is 0 Å². The number of anilines is 3. The molecule has 0 N–H and O–H groups in total. The molecular weight excluding hydrogens is 913 g/mol. The third-order valence-electron chi connectivity index (χ3n) is 15.3. The Morgan fingerprint density at radius 2 is 0.707 bits per heavy atom. The highest BCUT2D eigenvalue weighted by atomic mass is 16.3. The van der Waals surface area contributed by atoms with Crippen molar-refractivity contribution in [1.82, 2.24) is 15.0 Å². The fraction of sp³-hybridized carbons (Fsp3) is 0.0143. The van der Waals surface area contributed by atoms with Gasteiger partial charge in [-0.05, 0) is 115 Å². The van der Waals surface area contributed by atoms with Gasteiger partial charge in [0.1, 0.15) is 11.2 Å². The van der Waals surface area contributed by atoms with Crippen LogP contribution in [0.1, 0.15) is 22.3 Å². The van der Waals surface area contributed by atoms with Gasteiger partial charge in [-0.1, -0.05) is 218 Å². The maximum absolute atomic E-state index is 6.86. The van der Waals surface area contributed by atoms with E-state index in [0.717, 1.165) is 77.9 Å². The van der Waals surface area contributed by atoms with E-state index >= 15 is 0 Å². The molecule has 0 aliphatic heterocycles. The molecule has 0 amide bonds. The number of benzene rings is 11. The van der Waals surface area contributed by atoms with E-state index < -0.39 is 5.41 Å². The van der Waals surface area contributed by atoms with Crippen LogP contribution in [-0.2, 0) is 5.41 Å². The first kappa shape index (κ1) is 42.7. The average Bonchev–Trinajstić information content (AvgIpc) is 4.16. The molecule has 0 fully saturated rings. The van der Waals surface area contributed by atoms with Crippen LogP contribution in [0.4, 0.5) is 17.1 Å². The Hall–Kier alpha value is -9.97. The van der Waals surface area contributed by atoms with E-state index in [9.17, 15) is 0 Å². The third kappa shape index (κ3) is 6.75. The Balaban J connectivity index is 0.952. The van der Waals surface area contributed by atoms with Gasteiger partial charge in [-0.15, -0.1) is 0 Å². The van der Waals surface area contributed by atoms with Crippen molar-refractivity contribution >= 4 is 39.0 Å². The molecule has 0 saturated heterocycles. The Labute approximate surface area is 434 Å². The predicted molar refractivity (Wildman–Crippen MR) is 305 cm³/mol. The first-order valence-corrected chi connectivity index (χ1v) is 25.5. The number of rotatable bonds is 8. The van der Waals surface area contributed by atoms with Gasteiger partial charge in [0.25, 0.3) is 0 Å². The van der Waals surface area contributed by atoms with Gasteiger partial charge in [0.15, 0.2) is 17.5 Å². The molecule has 2 heterocycles. The van der Waals surface area contributed by atoms with Crippen LogP contribution in [0.5, 0.6) is 0 Å². The number of aromatic nitrogens is 3. The summed E-state index contributed by atoms with van der Waals surface area (Å²) in [4.78, 5) is 18.5. The van der Waals surface area contributed by atoms with Gasteiger partial charge < -0.3 is 9.32 Å². The summed E-state index contributed by atoms with van der Waals surface area (Å²) in [7, 11) is 0. The molecule has 0 unspecified atom stereocenters. The Morgan fingerprint density at radius 3 is 1.25 bits per heavy atom. The minimum Gasteiger partial charge on any atom is -0.456 e. The lowest BCUT2D eigenvalue weighted by Gasteiger charge is -2.30. The first-order chi connectivity index (χ1) is 37.2. The van der Waals surface area contributed by atoms with Crippen LogP contribution in [0.3, 0.4) is 0 Å². The lowest BCUT2D eigenvalue weighted by molar-refractivity contribution is 0.669. The molecule has 5 nitrogen and oxygen atoms in total. The van der Waals surface area contributed by atoms with Crippen molar-refractivity contribution in [2.24, 2.45) is 0 Å². The molecule has 0 saturated carbocycles. The van der Waals surface area contributed by atoms with Crippen molar-refractivity contribution < 1.29 is 4.42 Å². The average molecular weight is 957 g/mol. The van der Waals surface area contributed by atoms with Crippen molar-refractivity contribution in [3.8, 4) is 78.7 Å². The molecule has 5 heteroatoms. The highest BCUT2D eigenvalue weighted by Gasteiger charge is 2.51. The fourth-order valence-corrected chi connectivity index (χ4v) is 12.0. The van der Waals surface area contributed by atoms with Crippen LogP contribution in [-0.4, -0.2) is 15.0 Å². The topological polar surface area (TPSA) is 55.1 Å². The lowest BCUT2D eigenvalue weighted by atomic mass is 9.70. The summed E-state index contributed by atoms with van der Waals surface area (Å²) in [5.41, 5.74) is 21.2. The SMILES string of the molecule is c1ccc(-c2ccc(N(c3ccc(-c4ccccc4)cc3)c3cc(-c4nc(-c5ccccc5)nc(-c5ccc6c(c5)C5(c7ccccc7-c7ccccc75)c5ccccc5-6)n4)cc4oc5ccccc5c34)cc2)cc1. The quantitative estimate of drug-likeness (QED) is 0.152. The van der Waals surface area contributed by atoms with Crippen LogP contribution in [0, 0.1) is 0 Å². The number of furan rings is 1. The van der Waals surface area contributed by atoms with E-state index in [1.807, 2.05) is 30.3 Å². The largest absolute Gasteiger partial charge is 0.456 e. The van der Waals surface area contributed by atoms with Crippen LogP contribution in [0.2, 0.25) is 0 Å². The standard InChI is InChI=1S/C70H44N4O/c1-4-18-45(19-5-1)47-32-37-52(38-33-47)74(53-39-34-48(35-40-53)46-20-6-2-7-21-46)63-43-51(44-65-66(63)58-27-13-17-31-64(58)75-65)69-72-67(49-22-8-3-9-23-49)71-68(73-69)50-36-41-57-56-26-12-16-30-61(56)70(62(57)42-50)59-28-14-10-24-54(59)55-25-11-15-29-60(55)70/h1-44H. The summed E-state index contributed by atoms with van der Waals surface area (Å²) in [5, 5.41) is 2.01. The van der Waals surface area contributed by atoms with Crippen molar-refractivity contribution in [2.45, 2.75) is 5.41 Å². The summed E-state index contributed by atoms with van der Waals surface area (Å²) in [6.45, 7) is 0. The molecule has 13 aromatic rings. The highest BCUT2D eigenvalue weighted by Crippen LogP contribution is 2.63. The molecule has 0 bridgehead atoms. The molecule has 1 spiro atoms. The summed E-state index contributed by atoms with van der Waals surface area (Å²) in [6.07, 6.45) is 0. The van der Waals surface area contributed by atoms with Crippen molar-refractivity contribution in [1.29, 1.82) is 0 Å². The Morgan fingerprint density at radius 1 is 0.293 bits per heavy atom. The summed E-state index contributed by atoms with van der Waals surface area (Å²) >= 11 is 0. The molecule has 2 aromatic heterocycles. The van der Waals surface area contributed by atoms with E-state index in [2.05, 4.69) is 241 Å². The normalized spacial score (nSPS) is 12.6. The lowest BCUT2D eigenvalue weighted by Crippen LogP contribution is -2.25. The zero-order valence-electron chi connectivity index (χ0n) is 40.6. The van der Waals surface area contributed by atoms with Gasteiger partial charge in [0, 0.05) is 33.5 Å². The van der Waals surface area contributed by atoms with Gasteiger partial charge in [0.2, 0.25) is 0 Å². The maximum atomic E-state index is 6.86. The molecule has 2 aliphatic rings. The number of hydrogen-bond acceptors (Lipinski definition) is 5. The van der Waals surface area contributed by atoms with E-state index in [1.165, 1.54) is 44.5 Å². The van der Waals surface area contributed by atoms with Gasteiger partial charge in [-0.3, -0.25) is 0 Å². The van der Waals surface area contributed by atoms with Crippen molar-refractivity contribution in [3.05, 3.63) is 289 Å². The fourth-order valence-electron chi connectivity index (χ4n) is 12.0. The number of para-hydroxylation sites is 1. The molecule has 0 radical (unpaired) electrons. The van der Waals surface area contributed by atoms with Crippen LogP contribution in [0.25, 0.3) is 101 Å². The van der Waals surface area contributed by atoms with Crippen molar-refractivity contribution in [3.63, 3.8) is 0 Å². The molecular formula is C70H44N4O. The van der Waals surface area contributed by atoms with Crippen LogP contribution in [0.15, 0.2) is 271 Å². The minimum atomic E-state index is -0.517. The second-order valence-electron chi connectivity index (χ2n) is 19.4. The monoisotopic (exact) mass is 956 g/mol. The zero-order chi connectivity index (χ0) is 49.5.